The summed E-state index contributed by atoms with van der Waals surface area (Å²) in [5, 5.41) is 9.98. The first-order valence-corrected chi connectivity index (χ1v) is 6.48. The molecular weight excluding hydrogens is 276 g/mol. The Morgan fingerprint density at radius 1 is 1.20 bits per heavy atom. The van der Waals surface area contributed by atoms with Crippen molar-refractivity contribution >= 4 is 23.5 Å². The lowest BCUT2D eigenvalue weighted by Crippen LogP contribution is -2.18. The molecule has 2 aromatic rings. The third-order valence-corrected chi connectivity index (χ3v) is 3.46. The number of hydrogen-bond acceptors (Lipinski definition) is 3. The van der Waals surface area contributed by atoms with Crippen LogP contribution in [0.2, 0.25) is 5.02 Å². The Morgan fingerprint density at radius 3 is 2.80 bits per heavy atom. The molecule has 0 fully saturated rings. The number of fused-ring (bicyclic) bond motifs is 1. The summed E-state index contributed by atoms with van der Waals surface area (Å²) in [6.07, 6.45) is 1.74. The largest absolute Gasteiger partial charge is 0.508 e. The highest BCUT2D eigenvalue weighted by Gasteiger charge is 2.23. The van der Waals surface area contributed by atoms with Crippen LogP contribution in [0.5, 0.6) is 11.5 Å². The average molecular weight is 287 g/mol. The first kappa shape index (κ1) is 12.8. The van der Waals surface area contributed by atoms with Gasteiger partial charge in [0.25, 0.3) is 0 Å². The maximum atomic E-state index is 12.4. The second kappa shape index (κ2) is 5.02. The SMILES string of the molecule is O=C1/C(=C/c2ccccc2Cl)COc2cc(O)ccc21. The minimum atomic E-state index is -0.105. The zero-order valence-corrected chi connectivity index (χ0v) is 11.2. The van der Waals surface area contributed by atoms with Crippen molar-refractivity contribution in [3.8, 4) is 11.5 Å². The Hall–Kier alpha value is -2.26. The first-order valence-electron chi connectivity index (χ1n) is 6.11. The summed E-state index contributed by atoms with van der Waals surface area (Å²) in [7, 11) is 0. The van der Waals surface area contributed by atoms with Crippen molar-refractivity contribution in [1.29, 1.82) is 0 Å². The second-order valence-electron chi connectivity index (χ2n) is 4.49. The zero-order chi connectivity index (χ0) is 14.1. The van der Waals surface area contributed by atoms with Crippen molar-refractivity contribution in [2.24, 2.45) is 0 Å². The molecule has 0 amide bonds. The fourth-order valence-corrected chi connectivity index (χ4v) is 2.29. The van der Waals surface area contributed by atoms with Gasteiger partial charge in [-0.2, -0.15) is 0 Å². The van der Waals surface area contributed by atoms with Crippen molar-refractivity contribution in [2.75, 3.05) is 6.61 Å². The minimum Gasteiger partial charge on any atom is -0.508 e. The number of phenolic OH excluding ortho intramolecular Hbond substituents is 1. The summed E-state index contributed by atoms with van der Waals surface area (Å²) in [4.78, 5) is 12.4. The fraction of sp³-hybridized carbons (Fsp3) is 0.0625. The fourth-order valence-electron chi connectivity index (χ4n) is 2.10. The molecule has 20 heavy (non-hydrogen) atoms. The topological polar surface area (TPSA) is 46.5 Å². The number of halogens is 1. The van der Waals surface area contributed by atoms with Gasteiger partial charge < -0.3 is 9.84 Å². The Balaban J connectivity index is 2.00. The molecule has 100 valence electrons. The summed E-state index contributed by atoms with van der Waals surface area (Å²) < 4.78 is 5.51. The van der Waals surface area contributed by atoms with Gasteiger partial charge in [-0.15, -0.1) is 0 Å². The molecule has 3 nitrogen and oxygen atoms in total. The lowest BCUT2D eigenvalue weighted by Gasteiger charge is -2.19. The van der Waals surface area contributed by atoms with Crippen LogP contribution in [-0.4, -0.2) is 17.5 Å². The molecule has 0 saturated carbocycles. The summed E-state index contributed by atoms with van der Waals surface area (Å²) in [6, 6.07) is 11.8. The average Bonchev–Trinajstić information content (AvgIpc) is 2.44. The van der Waals surface area contributed by atoms with Gasteiger partial charge >= 0.3 is 0 Å². The van der Waals surface area contributed by atoms with E-state index in [2.05, 4.69) is 0 Å². The lowest BCUT2D eigenvalue weighted by atomic mass is 9.98. The Labute approximate surface area is 121 Å². The predicted octanol–water partition coefficient (Wildman–Crippen LogP) is 3.70. The number of carbonyl (C=O) groups is 1. The van der Waals surface area contributed by atoms with Gasteiger partial charge in [0.2, 0.25) is 0 Å². The molecule has 0 bridgehead atoms. The summed E-state index contributed by atoms with van der Waals surface area (Å²) in [6.45, 7) is 0.167. The van der Waals surface area contributed by atoms with E-state index in [-0.39, 0.29) is 18.1 Å². The van der Waals surface area contributed by atoms with Gasteiger partial charge in [-0.05, 0) is 29.8 Å². The number of carbonyl (C=O) groups excluding carboxylic acids is 1. The molecule has 1 aliphatic rings. The van der Waals surface area contributed by atoms with Crippen molar-refractivity contribution in [2.45, 2.75) is 0 Å². The molecule has 4 heteroatoms. The molecule has 0 aliphatic carbocycles. The van der Waals surface area contributed by atoms with E-state index in [1.165, 1.54) is 12.1 Å². The number of ether oxygens (including phenoxy) is 1. The number of benzene rings is 2. The van der Waals surface area contributed by atoms with E-state index in [1.807, 2.05) is 18.2 Å². The van der Waals surface area contributed by atoms with E-state index in [9.17, 15) is 9.90 Å². The number of rotatable bonds is 1. The number of hydrogen-bond donors (Lipinski definition) is 1. The lowest BCUT2D eigenvalue weighted by molar-refractivity contribution is 0.100. The summed E-state index contributed by atoms with van der Waals surface area (Å²) in [5.41, 5.74) is 1.77. The molecule has 1 aliphatic heterocycles. The molecule has 0 unspecified atom stereocenters. The van der Waals surface area contributed by atoms with Crippen molar-refractivity contribution in [1.82, 2.24) is 0 Å². The molecular formula is C16H11ClO3. The van der Waals surface area contributed by atoms with Crippen LogP contribution in [0, 0.1) is 0 Å². The summed E-state index contributed by atoms with van der Waals surface area (Å²) >= 11 is 6.08. The van der Waals surface area contributed by atoms with Crippen LogP contribution in [0.25, 0.3) is 6.08 Å². The van der Waals surface area contributed by atoms with Gasteiger partial charge in [-0.1, -0.05) is 29.8 Å². The first-order chi connectivity index (χ1) is 9.65. The van der Waals surface area contributed by atoms with E-state index < -0.39 is 0 Å². The second-order valence-corrected chi connectivity index (χ2v) is 4.90. The van der Waals surface area contributed by atoms with Crippen LogP contribution in [0.15, 0.2) is 48.0 Å². The van der Waals surface area contributed by atoms with E-state index in [0.29, 0.717) is 21.9 Å². The Morgan fingerprint density at radius 2 is 2.00 bits per heavy atom. The molecule has 2 aromatic carbocycles. The maximum absolute atomic E-state index is 12.4. The van der Waals surface area contributed by atoms with Crippen LogP contribution in [-0.2, 0) is 0 Å². The molecule has 0 radical (unpaired) electrons. The van der Waals surface area contributed by atoms with E-state index in [0.717, 1.165) is 5.56 Å². The zero-order valence-electron chi connectivity index (χ0n) is 10.5. The van der Waals surface area contributed by atoms with Gasteiger partial charge in [-0.3, -0.25) is 4.79 Å². The third-order valence-electron chi connectivity index (χ3n) is 3.12. The van der Waals surface area contributed by atoms with Gasteiger partial charge in [0, 0.05) is 16.7 Å². The highest BCUT2D eigenvalue weighted by atomic mass is 35.5. The Bertz CT molecular complexity index is 719. The summed E-state index contributed by atoms with van der Waals surface area (Å²) in [5.74, 6) is 0.382. The Kier molecular flexibility index (Phi) is 3.20. The highest BCUT2D eigenvalue weighted by Crippen LogP contribution is 2.31. The van der Waals surface area contributed by atoms with Crippen molar-refractivity contribution in [3.05, 3.63) is 64.2 Å². The smallest absolute Gasteiger partial charge is 0.196 e. The van der Waals surface area contributed by atoms with Gasteiger partial charge in [-0.25, -0.2) is 0 Å². The van der Waals surface area contributed by atoms with Crippen molar-refractivity contribution < 1.29 is 14.6 Å². The van der Waals surface area contributed by atoms with Crippen LogP contribution in [0.4, 0.5) is 0 Å². The number of aromatic hydroxyl groups is 1. The van der Waals surface area contributed by atoms with Crippen molar-refractivity contribution in [3.63, 3.8) is 0 Å². The third kappa shape index (κ3) is 2.28. The quantitative estimate of drug-likeness (QED) is 0.813. The number of ketones is 1. The van der Waals surface area contributed by atoms with Crippen LogP contribution >= 0.6 is 11.6 Å². The molecule has 0 spiro atoms. The van der Waals surface area contributed by atoms with E-state index in [1.54, 1.807) is 18.2 Å². The molecule has 1 heterocycles. The van der Waals surface area contributed by atoms with E-state index >= 15 is 0 Å². The van der Waals surface area contributed by atoms with Gasteiger partial charge in [0.1, 0.15) is 18.1 Å². The number of phenols is 1. The monoisotopic (exact) mass is 286 g/mol. The normalized spacial score (nSPS) is 15.8. The van der Waals surface area contributed by atoms with Crippen LogP contribution in [0.3, 0.4) is 0 Å². The predicted molar refractivity (Wildman–Crippen MR) is 77.4 cm³/mol. The standard InChI is InChI=1S/C16H11ClO3/c17-14-4-2-1-3-10(14)7-11-9-20-15-8-12(18)5-6-13(15)16(11)19/h1-8,18H,9H2/b11-7+. The van der Waals surface area contributed by atoms with Gasteiger partial charge in [0.15, 0.2) is 5.78 Å². The highest BCUT2D eigenvalue weighted by molar-refractivity contribution is 6.32. The number of Topliss-reactive ketones (excluding diaryl/α,β-unsaturated/α-hetero) is 1. The molecule has 3 rings (SSSR count). The van der Waals surface area contributed by atoms with Crippen LogP contribution < -0.4 is 4.74 Å². The minimum absolute atomic E-state index is 0.0788. The molecule has 0 saturated heterocycles. The maximum Gasteiger partial charge on any atom is 0.196 e. The molecule has 0 atom stereocenters. The van der Waals surface area contributed by atoms with Crippen LogP contribution in [0.1, 0.15) is 15.9 Å². The van der Waals surface area contributed by atoms with E-state index in [4.69, 9.17) is 16.3 Å². The van der Waals surface area contributed by atoms with Gasteiger partial charge in [0.05, 0.1) is 5.56 Å². The molecule has 0 aromatic heterocycles. The molecule has 1 N–H and O–H groups in total.